The summed E-state index contributed by atoms with van der Waals surface area (Å²) in [4.78, 5) is 14.4. The fraction of sp³-hybridized carbons (Fsp3) is 0.562. The van der Waals surface area contributed by atoms with Crippen LogP contribution in [0.1, 0.15) is 42.1 Å². The van der Waals surface area contributed by atoms with Crippen LogP contribution in [0, 0.1) is 6.92 Å². The Morgan fingerprint density at radius 1 is 1.35 bits per heavy atom. The van der Waals surface area contributed by atoms with Gasteiger partial charge in [-0.2, -0.15) is 0 Å². The molecular formula is C16H23NO3. The van der Waals surface area contributed by atoms with Crippen molar-refractivity contribution in [3.63, 3.8) is 0 Å². The Bertz CT molecular complexity index is 496. The monoisotopic (exact) mass is 277 g/mol. The van der Waals surface area contributed by atoms with Gasteiger partial charge in [-0.25, -0.2) is 0 Å². The Labute approximate surface area is 120 Å². The molecule has 1 amide bonds. The van der Waals surface area contributed by atoms with E-state index in [-0.39, 0.29) is 5.91 Å². The Morgan fingerprint density at radius 2 is 2.10 bits per heavy atom. The van der Waals surface area contributed by atoms with Gasteiger partial charge in [-0.05, 0) is 50.8 Å². The summed E-state index contributed by atoms with van der Waals surface area (Å²) in [5.74, 6) is 0.749. The van der Waals surface area contributed by atoms with E-state index < -0.39 is 5.60 Å². The molecule has 4 nitrogen and oxygen atoms in total. The molecule has 0 bridgehead atoms. The summed E-state index contributed by atoms with van der Waals surface area (Å²) < 4.78 is 5.27. The molecule has 0 aromatic heterocycles. The second kappa shape index (κ2) is 5.83. The summed E-state index contributed by atoms with van der Waals surface area (Å²) in [6.07, 6.45) is 2.21. The predicted molar refractivity (Wildman–Crippen MR) is 78.1 cm³/mol. The van der Waals surface area contributed by atoms with Crippen molar-refractivity contribution in [1.29, 1.82) is 0 Å². The Hall–Kier alpha value is -1.55. The van der Waals surface area contributed by atoms with Gasteiger partial charge in [-0.1, -0.05) is 6.07 Å². The average Bonchev–Trinajstić information content (AvgIpc) is 2.59. The fourth-order valence-electron chi connectivity index (χ4n) is 2.60. The quantitative estimate of drug-likeness (QED) is 0.903. The highest BCUT2D eigenvalue weighted by Gasteiger charge is 2.27. The lowest BCUT2D eigenvalue weighted by Crippen LogP contribution is -2.33. The minimum absolute atomic E-state index is 0.0148. The van der Waals surface area contributed by atoms with Gasteiger partial charge in [0.05, 0.1) is 12.7 Å². The number of ether oxygens (including phenoxy) is 1. The largest absolute Gasteiger partial charge is 0.496 e. The number of carbonyl (C=O) groups is 1. The molecule has 1 aliphatic rings. The van der Waals surface area contributed by atoms with Crippen molar-refractivity contribution in [2.75, 3.05) is 20.2 Å². The molecule has 1 aliphatic heterocycles. The number of nitrogens with zero attached hydrogens (tertiary/aromatic N) is 1. The molecule has 0 radical (unpaired) electrons. The number of rotatable bonds is 2. The maximum Gasteiger partial charge on any atom is 0.253 e. The molecule has 1 saturated heterocycles. The molecule has 1 heterocycles. The third kappa shape index (κ3) is 3.31. The highest BCUT2D eigenvalue weighted by Crippen LogP contribution is 2.24. The van der Waals surface area contributed by atoms with Crippen LogP contribution in [0.25, 0.3) is 0 Å². The standard InChI is InChI=1S/C16H23NO3/c1-12-5-6-13(11-14(12)20-3)15(18)17-9-4-7-16(2,19)8-10-17/h5-6,11,19H,4,7-10H2,1-3H3. The number of aliphatic hydroxyl groups is 1. The number of hydrogen-bond donors (Lipinski definition) is 1. The van der Waals surface area contributed by atoms with Crippen molar-refractivity contribution in [3.8, 4) is 5.75 Å². The molecule has 1 N–H and O–H groups in total. The van der Waals surface area contributed by atoms with Gasteiger partial charge in [-0.15, -0.1) is 0 Å². The van der Waals surface area contributed by atoms with E-state index in [1.807, 2.05) is 30.9 Å². The third-order valence-corrected chi connectivity index (χ3v) is 4.01. The van der Waals surface area contributed by atoms with Gasteiger partial charge in [0.1, 0.15) is 5.75 Å². The maximum atomic E-state index is 12.5. The second-order valence-corrected chi connectivity index (χ2v) is 5.83. The second-order valence-electron chi connectivity index (χ2n) is 5.83. The molecule has 1 unspecified atom stereocenters. The first kappa shape index (κ1) is 14.9. The van der Waals surface area contributed by atoms with E-state index in [0.717, 1.165) is 24.2 Å². The van der Waals surface area contributed by atoms with Crippen molar-refractivity contribution < 1.29 is 14.6 Å². The van der Waals surface area contributed by atoms with Crippen LogP contribution in [0.2, 0.25) is 0 Å². The number of methoxy groups -OCH3 is 1. The van der Waals surface area contributed by atoms with E-state index in [1.165, 1.54) is 0 Å². The van der Waals surface area contributed by atoms with Crippen LogP contribution < -0.4 is 4.74 Å². The van der Waals surface area contributed by atoms with Gasteiger partial charge in [-0.3, -0.25) is 4.79 Å². The summed E-state index contributed by atoms with van der Waals surface area (Å²) in [6.45, 7) is 5.10. The third-order valence-electron chi connectivity index (χ3n) is 4.01. The van der Waals surface area contributed by atoms with E-state index in [0.29, 0.717) is 25.1 Å². The summed E-state index contributed by atoms with van der Waals surface area (Å²) >= 11 is 0. The van der Waals surface area contributed by atoms with Crippen molar-refractivity contribution in [2.45, 2.75) is 38.7 Å². The minimum atomic E-state index is -0.653. The van der Waals surface area contributed by atoms with E-state index in [9.17, 15) is 9.90 Å². The summed E-state index contributed by atoms with van der Waals surface area (Å²) in [7, 11) is 1.61. The van der Waals surface area contributed by atoms with Crippen LogP contribution in [0.4, 0.5) is 0 Å². The first-order chi connectivity index (χ1) is 9.43. The molecule has 0 aliphatic carbocycles. The van der Waals surface area contributed by atoms with Crippen LogP contribution in [-0.4, -0.2) is 41.7 Å². The normalized spacial score (nSPS) is 23.3. The smallest absolute Gasteiger partial charge is 0.253 e. The first-order valence-corrected chi connectivity index (χ1v) is 7.09. The number of likely N-dealkylation sites (tertiary alicyclic amines) is 1. The molecule has 20 heavy (non-hydrogen) atoms. The lowest BCUT2D eigenvalue weighted by Gasteiger charge is -2.23. The lowest BCUT2D eigenvalue weighted by atomic mass is 9.98. The SMILES string of the molecule is COc1cc(C(=O)N2CCCC(C)(O)CC2)ccc1C. The molecule has 1 aromatic carbocycles. The zero-order chi connectivity index (χ0) is 14.8. The van der Waals surface area contributed by atoms with Gasteiger partial charge in [0, 0.05) is 18.7 Å². The molecule has 1 aromatic rings. The molecule has 1 fully saturated rings. The van der Waals surface area contributed by atoms with Crippen LogP contribution in [0.15, 0.2) is 18.2 Å². The van der Waals surface area contributed by atoms with Crippen molar-refractivity contribution in [1.82, 2.24) is 4.90 Å². The predicted octanol–water partition coefficient (Wildman–Crippen LogP) is 2.38. The van der Waals surface area contributed by atoms with Crippen molar-refractivity contribution in [2.24, 2.45) is 0 Å². The summed E-state index contributed by atoms with van der Waals surface area (Å²) in [6, 6.07) is 5.53. The van der Waals surface area contributed by atoms with Crippen LogP contribution >= 0.6 is 0 Å². The summed E-state index contributed by atoms with van der Waals surface area (Å²) in [5.41, 5.74) is 1.01. The number of aryl methyl sites for hydroxylation is 1. The van der Waals surface area contributed by atoms with E-state index in [4.69, 9.17) is 4.74 Å². The van der Waals surface area contributed by atoms with E-state index in [1.54, 1.807) is 13.2 Å². The van der Waals surface area contributed by atoms with E-state index >= 15 is 0 Å². The first-order valence-electron chi connectivity index (χ1n) is 7.09. The van der Waals surface area contributed by atoms with Gasteiger partial charge in [0.25, 0.3) is 5.91 Å². The van der Waals surface area contributed by atoms with Crippen molar-refractivity contribution >= 4 is 5.91 Å². The zero-order valence-electron chi connectivity index (χ0n) is 12.5. The molecule has 2 rings (SSSR count). The van der Waals surface area contributed by atoms with Gasteiger partial charge >= 0.3 is 0 Å². The van der Waals surface area contributed by atoms with Crippen LogP contribution in [0.5, 0.6) is 5.75 Å². The maximum absolute atomic E-state index is 12.5. The average molecular weight is 277 g/mol. The number of amides is 1. The molecular weight excluding hydrogens is 254 g/mol. The Morgan fingerprint density at radius 3 is 2.80 bits per heavy atom. The Kier molecular flexibility index (Phi) is 4.33. The minimum Gasteiger partial charge on any atom is -0.496 e. The van der Waals surface area contributed by atoms with Gasteiger partial charge < -0.3 is 14.7 Å². The Balaban J connectivity index is 2.15. The van der Waals surface area contributed by atoms with E-state index in [2.05, 4.69) is 0 Å². The lowest BCUT2D eigenvalue weighted by molar-refractivity contribution is 0.0438. The van der Waals surface area contributed by atoms with Crippen molar-refractivity contribution in [3.05, 3.63) is 29.3 Å². The molecule has 110 valence electrons. The highest BCUT2D eigenvalue weighted by molar-refractivity contribution is 5.94. The summed E-state index contributed by atoms with van der Waals surface area (Å²) in [5, 5.41) is 10.1. The fourth-order valence-corrected chi connectivity index (χ4v) is 2.60. The molecule has 1 atom stereocenters. The van der Waals surface area contributed by atoms with Crippen LogP contribution in [0.3, 0.4) is 0 Å². The van der Waals surface area contributed by atoms with Gasteiger partial charge in [0.2, 0.25) is 0 Å². The number of hydrogen-bond acceptors (Lipinski definition) is 3. The molecule has 0 saturated carbocycles. The number of benzene rings is 1. The molecule has 4 heteroatoms. The number of carbonyl (C=O) groups excluding carboxylic acids is 1. The van der Waals surface area contributed by atoms with Crippen LogP contribution in [-0.2, 0) is 0 Å². The topological polar surface area (TPSA) is 49.8 Å². The highest BCUT2D eigenvalue weighted by atomic mass is 16.5. The molecule has 0 spiro atoms. The van der Waals surface area contributed by atoms with Gasteiger partial charge in [0.15, 0.2) is 0 Å². The zero-order valence-corrected chi connectivity index (χ0v) is 12.5.